The molecule has 4 rings (SSSR count). The molecular weight excluding hydrogens is 294 g/mol. The summed E-state index contributed by atoms with van der Waals surface area (Å²) in [5.74, 6) is 2.23. The number of thiophene rings is 1. The van der Waals surface area contributed by atoms with Gasteiger partial charge in [0.15, 0.2) is 0 Å². The highest BCUT2D eigenvalue weighted by Crippen LogP contribution is 2.39. The molecule has 2 aromatic rings. The first kappa shape index (κ1) is 14.4. The van der Waals surface area contributed by atoms with Gasteiger partial charge in [-0.3, -0.25) is 4.90 Å². The van der Waals surface area contributed by atoms with Crippen molar-refractivity contribution < 1.29 is 4.42 Å². The lowest BCUT2D eigenvalue weighted by atomic mass is 9.97. The Balaban J connectivity index is 1.36. The van der Waals surface area contributed by atoms with E-state index < -0.39 is 0 Å². The maximum Gasteiger partial charge on any atom is 0.230 e. The van der Waals surface area contributed by atoms with Crippen LogP contribution in [0, 0.1) is 0 Å². The Morgan fingerprint density at radius 1 is 1.23 bits per heavy atom. The molecule has 4 nitrogen and oxygen atoms in total. The predicted octanol–water partition coefficient (Wildman–Crippen LogP) is 4.00. The minimum atomic E-state index is 0.553. The van der Waals surface area contributed by atoms with Crippen molar-refractivity contribution in [3.05, 3.63) is 34.2 Å². The van der Waals surface area contributed by atoms with Gasteiger partial charge in [0.25, 0.3) is 0 Å². The number of piperidine rings is 1. The molecule has 0 N–H and O–H groups in total. The Labute approximate surface area is 135 Å². The van der Waals surface area contributed by atoms with Crippen LogP contribution in [0.3, 0.4) is 0 Å². The lowest BCUT2D eigenvalue weighted by molar-refractivity contribution is 0.120. The van der Waals surface area contributed by atoms with E-state index in [-0.39, 0.29) is 0 Å². The summed E-state index contributed by atoms with van der Waals surface area (Å²) in [5, 5.41) is 10.6. The van der Waals surface area contributed by atoms with Gasteiger partial charge in [-0.2, -0.15) is 0 Å². The molecule has 1 aliphatic carbocycles. The average Bonchev–Trinajstić information content (AvgIpc) is 3.07. The monoisotopic (exact) mass is 317 g/mol. The van der Waals surface area contributed by atoms with Crippen molar-refractivity contribution in [3.8, 4) is 0 Å². The number of aryl methyl sites for hydroxylation is 1. The van der Waals surface area contributed by atoms with E-state index in [0.29, 0.717) is 12.0 Å². The zero-order valence-corrected chi connectivity index (χ0v) is 13.7. The number of aromatic nitrogens is 2. The van der Waals surface area contributed by atoms with E-state index in [4.69, 9.17) is 4.42 Å². The summed E-state index contributed by atoms with van der Waals surface area (Å²) in [6.07, 6.45) is 8.81. The second-order valence-electron chi connectivity index (χ2n) is 6.55. The molecule has 0 spiro atoms. The minimum absolute atomic E-state index is 0.553. The van der Waals surface area contributed by atoms with Crippen LogP contribution in [0.2, 0.25) is 0 Å². The third kappa shape index (κ3) is 3.41. The van der Waals surface area contributed by atoms with Crippen molar-refractivity contribution >= 4 is 11.3 Å². The minimum Gasteiger partial charge on any atom is -0.424 e. The third-order valence-corrected chi connectivity index (χ3v) is 5.74. The van der Waals surface area contributed by atoms with Crippen molar-refractivity contribution in [2.75, 3.05) is 6.54 Å². The van der Waals surface area contributed by atoms with Crippen LogP contribution in [0.4, 0.5) is 0 Å². The van der Waals surface area contributed by atoms with E-state index >= 15 is 0 Å². The van der Waals surface area contributed by atoms with E-state index in [1.54, 1.807) is 0 Å². The summed E-state index contributed by atoms with van der Waals surface area (Å²) < 4.78 is 5.85. The van der Waals surface area contributed by atoms with Crippen LogP contribution in [0.5, 0.6) is 0 Å². The van der Waals surface area contributed by atoms with Crippen LogP contribution in [-0.2, 0) is 13.0 Å². The first-order valence-corrected chi connectivity index (χ1v) is 9.35. The summed E-state index contributed by atoms with van der Waals surface area (Å²) >= 11 is 1.87. The van der Waals surface area contributed by atoms with E-state index in [2.05, 4.69) is 32.6 Å². The molecule has 2 aromatic heterocycles. The molecule has 0 aromatic carbocycles. The first-order chi connectivity index (χ1) is 10.9. The van der Waals surface area contributed by atoms with Crippen molar-refractivity contribution in [1.82, 2.24) is 15.1 Å². The molecule has 1 saturated carbocycles. The molecule has 1 atom stereocenters. The molecule has 1 saturated heterocycles. The molecule has 5 heteroatoms. The number of rotatable bonds is 6. The molecule has 0 bridgehead atoms. The topological polar surface area (TPSA) is 42.2 Å². The summed E-state index contributed by atoms with van der Waals surface area (Å²) in [6, 6.07) is 5.06. The van der Waals surface area contributed by atoms with E-state index in [9.17, 15) is 0 Å². The van der Waals surface area contributed by atoms with Crippen LogP contribution in [-0.4, -0.2) is 27.7 Å². The Hall–Kier alpha value is -1.20. The fourth-order valence-corrected chi connectivity index (χ4v) is 4.08. The van der Waals surface area contributed by atoms with Crippen LogP contribution in [0.1, 0.15) is 61.1 Å². The van der Waals surface area contributed by atoms with Gasteiger partial charge in [0.1, 0.15) is 0 Å². The normalized spacial score (nSPS) is 23.0. The van der Waals surface area contributed by atoms with Crippen molar-refractivity contribution in [1.29, 1.82) is 0 Å². The molecule has 2 aliphatic rings. The van der Waals surface area contributed by atoms with Gasteiger partial charge in [-0.15, -0.1) is 21.5 Å². The van der Waals surface area contributed by atoms with Crippen molar-refractivity contribution in [2.24, 2.45) is 0 Å². The Bertz CT molecular complexity index is 591. The summed E-state index contributed by atoms with van der Waals surface area (Å²) in [6.45, 7) is 1.99. The van der Waals surface area contributed by atoms with Crippen molar-refractivity contribution in [2.45, 2.75) is 63.5 Å². The lowest BCUT2D eigenvalue weighted by Crippen LogP contribution is -2.39. The summed E-state index contributed by atoms with van der Waals surface area (Å²) in [7, 11) is 0. The van der Waals surface area contributed by atoms with Gasteiger partial charge in [-0.1, -0.05) is 12.5 Å². The second-order valence-corrected chi connectivity index (χ2v) is 7.58. The van der Waals surface area contributed by atoms with Gasteiger partial charge < -0.3 is 4.42 Å². The highest BCUT2D eigenvalue weighted by atomic mass is 32.1. The Morgan fingerprint density at radius 3 is 3.00 bits per heavy atom. The Kier molecular flexibility index (Phi) is 4.26. The predicted molar refractivity (Wildman–Crippen MR) is 87.0 cm³/mol. The highest BCUT2D eigenvalue weighted by Gasteiger charge is 2.30. The zero-order chi connectivity index (χ0) is 14.8. The van der Waals surface area contributed by atoms with Gasteiger partial charge in [0.05, 0.1) is 6.54 Å². The number of hydrogen-bond acceptors (Lipinski definition) is 5. The molecule has 1 aliphatic heterocycles. The zero-order valence-electron chi connectivity index (χ0n) is 12.9. The molecule has 22 heavy (non-hydrogen) atoms. The van der Waals surface area contributed by atoms with Gasteiger partial charge in [0.2, 0.25) is 11.8 Å². The molecule has 118 valence electrons. The molecular formula is C17H23N3OS. The number of hydrogen-bond donors (Lipinski definition) is 0. The van der Waals surface area contributed by atoms with Crippen LogP contribution < -0.4 is 0 Å². The molecule has 0 unspecified atom stereocenters. The highest BCUT2D eigenvalue weighted by molar-refractivity contribution is 7.09. The maximum atomic E-state index is 5.85. The van der Waals surface area contributed by atoms with E-state index in [1.165, 1.54) is 49.8 Å². The Morgan fingerprint density at radius 2 is 2.18 bits per heavy atom. The van der Waals surface area contributed by atoms with E-state index in [0.717, 1.165) is 24.9 Å². The quantitative estimate of drug-likeness (QED) is 0.807. The fourth-order valence-electron chi connectivity index (χ4n) is 3.36. The average molecular weight is 317 g/mol. The molecule has 2 fully saturated rings. The van der Waals surface area contributed by atoms with Gasteiger partial charge in [0, 0.05) is 16.8 Å². The third-order valence-electron chi connectivity index (χ3n) is 4.80. The molecule has 0 radical (unpaired) electrons. The largest absolute Gasteiger partial charge is 0.424 e. The SMILES string of the molecule is c1csc(CC[C@H]2CCCCN2Cc2nnc(C3CC3)o2)c1. The van der Waals surface area contributed by atoms with Gasteiger partial charge >= 0.3 is 0 Å². The van der Waals surface area contributed by atoms with Crippen molar-refractivity contribution in [3.63, 3.8) is 0 Å². The molecule has 0 amide bonds. The van der Waals surface area contributed by atoms with Crippen LogP contribution in [0.15, 0.2) is 21.9 Å². The smallest absolute Gasteiger partial charge is 0.230 e. The van der Waals surface area contributed by atoms with Gasteiger partial charge in [-0.05, 0) is 56.5 Å². The molecule has 3 heterocycles. The van der Waals surface area contributed by atoms with E-state index in [1.807, 2.05) is 11.3 Å². The summed E-state index contributed by atoms with van der Waals surface area (Å²) in [5.41, 5.74) is 0. The maximum absolute atomic E-state index is 5.85. The number of likely N-dealkylation sites (tertiary alicyclic amines) is 1. The standard InChI is InChI=1S/C17H23N3OS/c1-2-10-20(12-16-18-19-17(21-16)13-6-7-13)14(4-1)8-9-15-5-3-11-22-15/h3,5,11,13-14H,1-2,4,6-10,12H2/t14-/m1/s1. The lowest BCUT2D eigenvalue weighted by Gasteiger charge is -2.34. The first-order valence-electron chi connectivity index (χ1n) is 8.47. The number of nitrogens with zero attached hydrogens (tertiary/aromatic N) is 3. The second kappa shape index (κ2) is 6.50. The van der Waals surface area contributed by atoms with Crippen LogP contribution in [0.25, 0.3) is 0 Å². The fraction of sp³-hybridized carbons (Fsp3) is 0.647. The summed E-state index contributed by atoms with van der Waals surface area (Å²) in [4.78, 5) is 4.06. The van der Waals surface area contributed by atoms with Crippen LogP contribution >= 0.6 is 11.3 Å². The van der Waals surface area contributed by atoms with Gasteiger partial charge in [-0.25, -0.2) is 0 Å².